The normalized spacial score (nSPS) is 10.2. The lowest BCUT2D eigenvalue weighted by Crippen LogP contribution is -2.27. The van der Waals surface area contributed by atoms with Crippen molar-refractivity contribution in [3.8, 4) is 6.07 Å². The van der Waals surface area contributed by atoms with Gasteiger partial charge in [0.25, 0.3) is 5.91 Å². The minimum atomic E-state index is -0.318. The number of hydrogen-bond donors (Lipinski definition) is 2. The highest BCUT2D eigenvalue weighted by atomic mass is 19.1. The third kappa shape index (κ3) is 5.11. The third-order valence-electron chi connectivity index (χ3n) is 3.95. The summed E-state index contributed by atoms with van der Waals surface area (Å²) in [7, 11) is 0. The summed E-state index contributed by atoms with van der Waals surface area (Å²) >= 11 is 0. The number of nitriles is 1. The number of amides is 1. The van der Waals surface area contributed by atoms with E-state index in [0.29, 0.717) is 29.9 Å². The molecule has 0 aliphatic heterocycles. The Hall–Kier alpha value is -3.79. The molecule has 0 aliphatic rings. The second-order valence-electron chi connectivity index (χ2n) is 6.17. The fraction of sp³-hybridized carbons (Fsp3) is 0.143. The molecule has 2 aromatic carbocycles. The number of rotatable bonds is 6. The number of hydrogen-bond acceptors (Lipinski definition) is 5. The Kier molecular flexibility index (Phi) is 5.92. The highest BCUT2D eigenvalue weighted by molar-refractivity contribution is 5.92. The van der Waals surface area contributed by atoms with E-state index in [-0.39, 0.29) is 23.4 Å². The van der Waals surface area contributed by atoms with Crippen LogP contribution in [-0.2, 0) is 6.42 Å². The average Bonchev–Trinajstić information content (AvgIpc) is 2.69. The summed E-state index contributed by atoms with van der Waals surface area (Å²) < 4.78 is 12.9. The quantitative estimate of drug-likeness (QED) is 0.688. The van der Waals surface area contributed by atoms with Crippen LogP contribution >= 0.6 is 0 Å². The van der Waals surface area contributed by atoms with Gasteiger partial charge in [-0.25, -0.2) is 14.4 Å². The fourth-order valence-electron chi connectivity index (χ4n) is 2.60. The molecule has 0 spiro atoms. The maximum Gasteiger partial charge on any atom is 0.270 e. The van der Waals surface area contributed by atoms with E-state index >= 15 is 0 Å². The van der Waals surface area contributed by atoms with Gasteiger partial charge in [0.05, 0.1) is 11.6 Å². The summed E-state index contributed by atoms with van der Waals surface area (Å²) in [4.78, 5) is 21.0. The van der Waals surface area contributed by atoms with Gasteiger partial charge in [-0.2, -0.15) is 5.26 Å². The minimum Gasteiger partial charge on any atom is -0.350 e. The number of benzene rings is 2. The molecular formula is C21H18FN5O. The molecule has 3 rings (SSSR count). The third-order valence-corrected chi connectivity index (χ3v) is 3.95. The molecule has 0 bridgehead atoms. The average molecular weight is 375 g/mol. The van der Waals surface area contributed by atoms with E-state index in [9.17, 15) is 9.18 Å². The summed E-state index contributed by atoms with van der Waals surface area (Å²) in [6.07, 6.45) is 0.585. The molecule has 0 radical (unpaired) electrons. The van der Waals surface area contributed by atoms with E-state index in [1.54, 1.807) is 49.4 Å². The highest BCUT2D eigenvalue weighted by Gasteiger charge is 2.11. The maximum atomic E-state index is 12.9. The van der Waals surface area contributed by atoms with Gasteiger partial charge in [0.2, 0.25) is 5.95 Å². The van der Waals surface area contributed by atoms with Crippen LogP contribution in [-0.4, -0.2) is 22.4 Å². The molecule has 1 heterocycles. The van der Waals surface area contributed by atoms with E-state index in [1.807, 2.05) is 0 Å². The lowest BCUT2D eigenvalue weighted by atomic mass is 10.1. The molecule has 28 heavy (non-hydrogen) atoms. The van der Waals surface area contributed by atoms with Gasteiger partial charge in [0.1, 0.15) is 11.5 Å². The Morgan fingerprint density at radius 1 is 1.14 bits per heavy atom. The number of aromatic nitrogens is 2. The van der Waals surface area contributed by atoms with E-state index in [2.05, 4.69) is 26.7 Å². The zero-order valence-electron chi connectivity index (χ0n) is 15.2. The molecule has 6 nitrogen and oxygen atoms in total. The summed E-state index contributed by atoms with van der Waals surface area (Å²) in [6, 6.07) is 16.7. The van der Waals surface area contributed by atoms with Gasteiger partial charge < -0.3 is 10.6 Å². The first-order chi connectivity index (χ1) is 13.5. The number of carbonyl (C=O) groups excluding carboxylic acids is 1. The Balaban J connectivity index is 1.65. The predicted octanol–water partition coefficient (Wildman–Crippen LogP) is 3.51. The molecule has 0 saturated carbocycles. The Labute approximate surface area is 162 Å². The van der Waals surface area contributed by atoms with Crippen LogP contribution in [0.3, 0.4) is 0 Å². The van der Waals surface area contributed by atoms with Crippen LogP contribution < -0.4 is 10.6 Å². The Bertz CT molecular complexity index is 1030. The predicted molar refractivity (Wildman–Crippen MR) is 104 cm³/mol. The number of nitrogens with zero attached hydrogens (tertiary/aromatic N) is 3. The van der Waals surface area contributed by atoms with Crippen molar-refractivity contribution in [3.05, 3.63) is 82.9 Å². The Morgan fingerprint density at radius 2 is 1.93 bits per heavy atom. The van der Waals surface area contributed by atoms with Crippen molar-refractivity contribution in [3.63, 3.8) is 0 Å². The van der Waals surface area contributed by atoms with E-state index in [4.69, 9.17) is 5.26 Å². The number of nitrogens with one attached hydrogen (secondary N) is 2. The molecule has 0 fully saturated rings. The van der Waals surface area contributed by atoms with Crippen molar-refractivity contribution >= 4 is 17.5 Å². The van der Waals surface area contributed by atoms with Crippen LogP contribution in [0.4, 0.5) is 16.0 Å². The maximum absolute atomic E-state index is 12.9. The van der Waals surface area contributed by atoms with Gasteiger partial charge >= 0.3 is 0 Å². The van der Waals surface area contributed by atoms with Gasteiger partial charge in [-0.05, 0) is 55.3 Å². The number of carbonyl (C=O) groups is 1. The van der Waals surface area contributed by atoms with Gasteiger partial charge in [0, 0.05) is 17.9 Å². The van der Waals surface area contributed by atoms with Gasteiger partial charge in [-0.3, -0.25) is 4.79 Å². The number of anilines is 2. The molecule has 1 amide bonds. The van der Waals surface area contributed by atoms with Crippen LogP contribution in [0.5, 0.6) is 0 Å². The van der Waals surface area contributed by atoms with E-state index < -0.39 is 0 Å². The van der Waals surface area contributed by atoms with Crippen LogP contribution in [0, 0.1) is 24.1 Å². The van der Waals surface area contributed by atoms with Crippen LogP contribution in [0.15, 0.2) is 54.6 Å². The van der Waals surface area contributed by atoms with Gasteiger partial charge in [-0.1, -0.05) is 18.2 Å². The summed E-state index contributed by atoms with van der Waals surface area (Å²) in [5, 5.41) is 14.8. The topological polar surface area (TPSA) is 90.7 Å². The first kappa shape index (κ1) is 19.0. The Morgan fingerprint density at radius 3 is 2.68 bits per heavy atom. The summed E-state index contributed by atoms with van der Waals surface area (Å²) in [5.74, 6) is -0.329. The van der Waals surface area contributed by atoms with Crippen molar-refractivity contribution in [2.75, 3.05) is 11.9 Å². The summed E-state index contributed by atoms with van der Waals surface area (Å²) in [5.41, 5.74) is 2.98. The SMILES string of the molecule is Cc1cc(C(=O)NCCc2ccc(F)cc2)nc(Nc2cccc(C#N)c2)n1. The van der Waals surface area contributed by atoms with Gasteiger partial charge in [-0.15, -0.1) is 0 Å². The fourth-order valence-corrected chi connectivity index (χ4v) is 2.60. The van der Waals surface area contributed by atoms with Gasteiger partial charge in [0.15, 0.2) is 0 Å². The van der Waals surface area contributed by atoms with Crippen LogP contribution in [0.1, 0.15) is 27.3 Å². The standard InChI is InChI=1S/C21H18FN5O/c1-14-11-19(20(28)24-10-9-15-5-7-17(22)8-6-15)27-21(25-14)26-18-4-2-3-16(12-18)13-23/h2-8,11-12H,9-10H2,1H3,(H,24,28)(H,25,26,27). The number of halogens is 1. The van der Waals surface area contributed by atoms with Crippen LogP contribution in [0.25, 0.3) is 0 Å². The van der Waals surface area contributed by atoms with E-state index in [1.165, 1.54) is 12.1 Å². The molecule has 3 aromatic rings. The lowest BCUT2D eigenvalue weighted by Gasteiger charge is -2.09. The molecular weight excluding hydrogens is 357 g/mol. The largest absolute Gasteiger partial charge is 0.350 e. The monoisotopic (exact) mass is 375 g/mol. The first-order valence-electron chi connectivity index (χ1n) is 8.69. The van der Waals surface area contributed by atoms with Crippen molar-refractivity contribution in [2.45, 2.75) is 13.3 Å². The minimum absolute atomic E-state index is 0.241. The lowest BCUT2D eigenvalue weighted by molar-refractivity contribution is 0.0949. The second kappa shape index (κ2) is 8.73. The number of aryl methyl sites for hydroxylation is 1. The van der Waals surface area contributed by atoms with Crippen molar-refractivity contribution in [1.82, 2.24) is 15.3 Å². The molecule has 0 saturated heterocycles. The molecule has 2 N–H and O–H groups in total. The smallest absolute Gasteiger partial charge is 0.270 e. The molecule has 140 valence electrons. The first-order valence-corrected chi connectivity index (χ1v) is 8.69. The van der Waals surface area contributed by atoms with Crippen molar-refractivity contribution in [2.24, 2.45) is 0 Å². The zero-order chi connectivity index (χ0) is 19.9. The zero-order valence-corrected chi connectivity index (χ0v) is 15.2. The highest BCUT2D eigenvalue weighted by Crippen LogP contribution is 2.15. The molecule has 0 unspecified atom stereocenters. The van der Waals surface area contributed by atoms with Crippen molar-refractivity contribution in [1.29, 1.82) is 5.26 Å². The molecule has 7 heteroatoms. The molecule has 1 aromatic heterocycles. The molecule has 0 atom stereocenters. The van der Waals surface area contributed by atoms with E-state index in [0.717, 1.165) is 5.56 Å². The van der Waals surface area contributed by atoms with Crippen molar-refractivity contribution < 1.29 is 9.18 Å². The summed E-state index contributed by atoms with van der Waals surface area (Å²) in [6.45, 7) is 2.17. The van der Waals surface area contributed by atoms with Crippen LogP contribution in [0.2, 0.25) is 0 Å². The second-order valence-corrected chi connectivity index (χ2v) is 6.17. The molecule has 0 aliphatic carbocycles.